The molecule has 2 aromatic carbocycles. The first kappa shape index (κ1) is 28.6. The molecule has 10 heteroatoms. The molecule has 3 saturated heterocycles. The summed E-state index contributed by atoms with van der Waals surface area (Å²) in [5.41, 5.74) is 12.1. The number of carbonyl (C=O) groups is 2. The molecule has 0 radical (unpaired) electrons. The minimum atomic E-state index is -0.115. The number of piperidine rings is 2. The fraction of sp³-hybridized carbons (Fsp3) is 0.514. The number of hydrogen-bond donors (Lipinski definition) is 2. The molecule has 5 heterocycles. The molecule has 3 aliphatic heterocycles. The van der Waals surface area contributed by atoms with Gasteiger partial charge in [0.1, 0.15) is 11.3 Å². The van der Waals surface area contributed by atoms with Crippen LogP contribution in [-0.2, 0) is 18.4 Å². The summed E-state index contributed by atoms with van der Waals surface area (Å²) in [7, 11) is 3.68. The Morgan fingerprint density at radius 1 is 1.07 bits per heavy atom. The largest absolute Gasteiger partial charge is 0.494 e. The lowest BCUT2D eigenvalue weighted by molar-refractivity contribution is -0.136. The van der Waals surface area contributed by atoms with Crippen LogP contribution in [0.1, 0.15) is 60.4 Å². The highest BCUT2D eigenvalue weighted by Gasteiger charge is 2.41. The minimum absolute atomic E-state index is 0.0119. The number of fused-ring (bicyclic) bond motifs is 5. The molecule has 5 fully saturated rings. The molecular weight excluding hydrogens is 568 g/mol. The highest BCUT2D eigenvalue weighted by Crippen LogP contribution is 2.42. The molecule has 10 nitrogen and oxygen atoms in total. The number of rotatable bonds is 8. The van der Waals surface area contributed by atoms with Gasteiger partial charge in [-0.15, -0.1) is 0 Å². The fourth-order valence-electron chi connectivity index (χ4n) is 8.14. The van der Waals surface area contributed by atoms with Gasteiger partial charge in [0.2, 0.25) is 5.91 Å². The number of nitrogens with zero attached hydrogens (tertiary/aromatic N) is 5. The fourth-order valence-corrected chi connectivity index (χ4v) is 8.14. The Morgan fingerprint density at radius 3 is 2.58 bits per heavy atom. The number of methoxy groups -OCH3 is 1. The van der Waals surface area contributed by atoms with Crippen molar-refractivity contribution in [3.8, 4) is 17.3 Å². The van der Waals surface area contributed by atoms with Crippen LogP contribution in [0, 0.1) is 11.8 Å². The predicted octanol–water partition coefficient (Wildman–Crippen LogP) is 3.87. The number of carbonyl (C=O) groups excluding carboxylic acids is 2. The van der Waals surface area contributed by atoms with Gasteiger partial charge >= 0.3 is 0 Å². The number of imidazole rings is 1. The molecule has 236 valence electrons. The molecule has 2 saturated carbocycles. The van der Waals surface area contributed by atoms with Crippen LogP contribution < -0.4 is 10.5 Å². The molecule has 2 amide bonds. The van der Waals surface area contributed by atoms with Crippen molar-refractivity contribution in [2.75, 3.05) is 33.4 Å². The van der Waals surface area contributed by atoms with Crippen LogP contribution in [0.3, 0.4) is 0 Å². The second-order valence-corrected chi connectivity index (χ2v) is 13.7. The number of aromatic nitrogens is 3. The summed E-state index contributed by atoms with van der Waals surface area (Å²) in [5.74, 6) is 2.79. The average Bonchev–Trinajstić information content (AvgIpc) is 3.68. The summed E-state index contributed by atoms with van der Waals surface area (Å²) in [5, 5.41) is 10.4. The Bertz CT molecular complexity index is 1820. The number of likely N-dealkylation sites (tertiary alicyclic amines) is 1. The van der Waals surface area contributed by atoms with Crippen LogP contribution >= 0.6 is 0 Å². The van der Waals surface area contributed by atoms with Crippen LogP contribution in [0.4, 0.5) is 0 Å². The Labute approximate surface area is 262 Å². The first-order valence-electron chi connectivity index (χ1n) is 16.5. The van der Waals surface area contributed by atoms with Crippen molar-refractivity contribution >= 4 is 33.8 Å². The second kappa shape index (κ2) is 10.9. The first-order valence-corrected chi connectivity index (χ1v) is 16.5. The van der Waals surface area contributed by atoms with Crippen LogP contribution in [0.15, 0.2) is 36.4 Å². The number of para-hydroxylation sites is 1. The predicted molar refractivity (Wildman–Crippen MR) is 172 cm³/mol. The monoisotopic (exact) mass is 610 g/mol. The Balaban J connectivity index is 1.19. The zero-order chi connectivity index (χ0) is 31.0. The number of nitrogens with two attached hydrogens (primary N) is 1. The van der Waals surface area contributed by atoms with E-state index in [0.29, 0.717) is 36.2 Å². The maximum absolute atomic E-state index is 13.9. The standard InChI is InChI=1S/C35H42N6O4/c1-38-33-28(12-23(14-30(33)45-2)35(44)40-19-22-8-9-25(40)15-27(22)36)37-34(38)29-13-21-4-3-5-26(32(21)41(29)16-20-6-7-20)24-17-39(18-24)31(43)10-11-42/h3-5,12-14,20,22,24-25,27,42H,6-11,15-19,36H2,1-2H3/t22-,25-,27+/m1/s1. The minimum Gasteiger partial charge on any atom is -0.494 e. The van der Waals surface area contributed by atoms with Crippen molar-refractivity contribution in [1.82, 2.24) is 23.9 Å². The van der Waals surface area contributed by atoms with E-state index in [2.05, 4.69) is 33.4 Å². The van der Waals surface area contributed by atoms with Crippen LogP contribution in [-0.4, -0.2) is 86.3 Å². The lowest BCUT2D eigenvalue weighted by Crippen LogP contribution is -2.58. The summed E-state index contributed by atoms with van der Waals surface area (Å²) in [4.78, 5) is 35.3. The number of aryl methyl sites for hydroxylation is 1. The normalized spacial score (nSPS) is 23.2. The van der Waals surface area contributed by atoms with Gasteiger partial charge in [0.15, 0.2) is 5.82 Å². The van der Waals surface area contributed by atoms with Gasteiger partial charge in [-0.2, -0.15) is 0 Å². The highest BCUT2D eigenvalue weighted by atomic mass is 16.5. The molecule has 0 spiro atoms. The summed E-state index contributed by atoms with van der Waals surface area (Å²) in [6, 6.07) is 12.9. The van der Waals surface area contributed by atoms with E-state index < -0.39 is 0 Å². The Morgan fingerprint density at radius 2 is 1.89 bits per heavy atom. The van der Waals surface area contributed by atoms with Crippen molar-refractivity contribution in [3.63, 3.8) is 0 Å². The molecule has 5 aliphatic rings. The number of aliphatic hydroxyl groups is 1. The molecule has 4 aromatic rings. The van der Waals surface area contributed by atoms with Crippen molar-refractivity contribution in [1.29, 1.82) is 0 Å². The van der Waals surface area contributed by atoms with Gasteiger partial charge in [-0.1, -0.05) is 18.2 Å². The van der Waals surface area contributed by atoms with Crippen molar-refractivity contribution in [2.24, 2.45) is 24.6 Å². The summed E-state index contributed by atoms with van der Waals surface area (Å²) in [6.07, 6.45) is 5.60. The summed E-state index contributed by atoms with van der Waals surface area (Å²) < 4.78 is 10.4. The molecule has 3 N–H and O–H groups in total. The lowest BCUT2D eigenvalue weighted by Gasteiger charge is -2.48. The van der Waals surface area contributed by atoms with E-state index in [1.807, 2.05) is 29.0 Å². The third kappa shape index (κ3) is 4.72. The van der Waals surface area contributed by atoms with E-state index >= 15 is 0 Å². The van der Waals surface area contributed by atoms with Gasteiger partial charge in [0, 0.05) is 68.6 Å². The summed E-state index contributed by atoms with van der Waals surface area (Å²) >= 11 is 0. The molecule has 45 heavy (non-hydrogen) atoms. The van der Waals surface area contributed by atoms with Gasteiger partial charge < -0.3 is 34.5 Å². The van der Waals surface area contributed by atoms with E-state index in [1.165, 1.54) is 23.9 Å². The molecule has 2 aliphatic carbocycles. The molecule has 3 atom stereocenters. The smallest absolute Gasteiger partial charge is 0.254 e. The molecule has 2 bridgehead atoms. The van der Waals surface area contributed by atoms with Crippen LogP contribution in [0.25, 0.3) is 33.5 Å². The SMILES string of the molecule is COc1cc(C(=O)N2C[C@H]3CC[C@@H]2C[C@@H]3N)cc2nc(-c3cc4cccc(C5CN(C(=O)CCO)C5)c4n3CC3CC3)n(C)c12. The third-order valence-electron chi connectivity index (χ3n) is 10.9. The zero-order valence-corrected chi connectivity index (χ0v) is 26.1. The number of benzene rings is 2. The Kier molecular flexibility index (Phi) is 6.91. The van der Waals surface area contributed by atoms with E-state index in [0.717, 1.165) is 60.3 Å². The van der Waals surface area contributed by atoms with Gasteiger partial charge in [0.25, 0.3) is 5.91 Å². The molecule has 0 unspecified atom stereocenters. The highest BCUT2D eigenvalue weighted by molar-refractivity contribution is 6.00. The molecule has 2 aromatic heterocycles. The third-order valence-corrected chi connectivity index (χ3v) is 10.9. The van der Waals surface area contributed by atoms with E-state index in [1.54, 1.807) is 7.11 Å². The van der Waals surface area contributed by atoms with E-state index in [-0.39, 0.29) is 42.8 Å². The van der Waals surface area contributed by atoms with Crippen molar-refractivity contribution in [3.05, 3.63) is 47.5 Å². The van der Waals surface area contributed by atoms with Crippen LogP contribution in [0.2, 0.25) is 0 Å². The number of aliphatic hydroxyl groups excluding tert-OH is 1. The summed E-state index contributed by atoms with van der Waals surface area (Å²) in [6.45, 7) is 2.87. The topological polar surface area (TPSA) is 119 Å². The van der Waals surface area contributed by atoms with Gasteiger partial charge in [-0.05, 0) is 67.7 Å². The molecular formula is C35H42N6O4. The van der Waals surface area contributed by atoms with Crippen molar-refractivity contribution < 1.29 is 19.4 Å². The number of ether oxygens (including phenoxy) is 1. The van der Waals surface area contributed by atoms with Gasteiger partial charge in [0.05, 0.1) is 30.4 Å². The van der Waals surface area contributed by atoms with Crippen molar-refractivity contribution in [2.45, 2.75) is 63.1 Å². The zero-order valence-electron chi connectivity index (χ0n) is 26.1. The van der Waals surface area contributed by atoms with E-state index in [4.69, 9.17) is 15.5 Å². The average molecular weight is 611 g/mol. The van der Waals surface area contributed by atoms with E-state index in [9.17, 15) is 14.7 Å². The number of hydrogen-bond acceptors (Lipinski definition) is 6. The quantitative estimate of drug-likeness (QED) is 0.313. The second-order valence-electron chi connectivity index (χ2n) is 13.7. The van der Waals surface area contributed by atoms with Gasteiger partial charge in [-0.25, -0.2) is 4.98 Å². The maximum Gasteiger partial charge on any atom is 0.254 e. The maximum atomic E-state index is 13.9. The molecule has 9 rings (SSSR count). The lowest BCUT2D eigenvalue weighted by atomic mass is 9.76. The number of amides is 2. The van der Waals surface area contributed by atoms with Crippen LogP contribution in [0.5, 0.6) is 5.75 Å². The first-order chi connectivity index (χ1) is 21.8. The Hall–Kier alpha value is -3.89. The van der Waals surface area contributed by atoms with Gasteiger partial charge in [-0.3, -0.25) is 9.59 Å².